The molecule has 0 aliphatic heterocycles. The van der Waals surface area contributed by atoms with Gasteiger partial charge in [-0.3, -0.25) is 4.79 Å². The van der Waals surface area contributed by atoms with E-state index in [9.17, 15) is 4.79 Å². The van der Waals surface area contributed by atoms with Crippen molar-refractivity contribution in [1.29, 1.82) is 0 Å². The van der Waals surface area contributed by atoms with Gasteiger partial charge in [0.1, 0.15) is 5.75 Å². The summed E-state index contributed by atoms with van der Waals surface area (Å²) in [5.74, 6) is 0.168. The second-order valence-corrected chi connectivity index (χ2v) is 5.30. The van der Waals surface area contributed by atoms with E-state index in [0.717, 1.165) is 24.3 Å². The summed E-state index contributed by atoms with van der Waals surface area (Å²) in [7, 11) is 0. The molecule has 1 aromatic heterocycles. The summed E-state index contributed by atoms with van der Waals surface area (Å²) >= 11 is 1.66. The molecule has 0 atom stereocenters. The average Bonchev–Trinajstić information content (AvgIpc) is 2.83. The van der Waals surface area contributed by atoms with E-state index in [-0.39, 0.29) is 6.61 Å². The highest BCUT2D eigenvalue weighted by Gasteiger charge is 2.01. The van der Waals surface area contributed by atoms with Gasteiger partial charge in [-0.05, 0) is 24.6 Å². The first-order valence-corrected chi connectivity index (χ1v) is 7.13. The Morgan fingerprint density at radius 3 is 2.70 bits per heavy atom. The minimum atomic E-state index is -0.476. The van der Waals surface area contributed by atoms with Crippen LogP contribution >= 0.6 is 11.3 Å². The predicted octanol–water partition coefficient (Wildman–Crippen LogP) is 1.61. The number of nitrogens with two attached hydrogens (primary N) is 1. The van der Waals surface area contributed by atoms with Crippen LogP contribution in [0, 0.1) is 6.92 Å². The van der Waals surface area contributed by atoms with Crippen molar-refractivity contribution in [3.8, 4) is 5.75 Å². The van der Waals surface area contributed by atoms with Crippen molar-refractivity contribution in [2.24, 2.45) is 5.73 Å². The lowest BCUT2D eigenvalue weighted by atomic mass is 10.2. The van der Waals surface area contributed by atoms with E-state index in [1.807, 2.05) is 36.7 Å². The van der Waals surface area contributed by atoms with Crippen LogP contribution in [0.1, 0.15) is 16.1 Å². The Labute approximate surface area is 121 Å². The van der Waals surface area contributed by atoms with E-state index in [2.05, 4.69) is 10.3 Å². The molecule has 106 valence electrons. The van der Waals surface area contributed by atoms with Gasteiger partial charge in [0.25, 0.3) is 5.91 Å². The van der Waals surface area contributed by atoms with Gasteiger partial charge in [-0.2, -0.15) is 0 Å². The van der Waals surface area contributed by atoms with E-state index < -0.39 is 5.91 Å². The normalized spacial score (nSPS) is 10.4. The van der Waals surface area contributed by atoms with Gasteiger partial charge in [0.05, 0.1) is 11.2 Å². The number of thiazole rings is 1. The maximum atomic E-state index is 10.6. The number of nitrogens with zero attached hydrogens (tertiary/aromatic N) is 1. The van der Waals surface area contributed by atoms with E-state index >= 15 is 0 Å². The minimum absolute atomic E-state index is 0.0950. The zero-order valence-corrected chi connectivity index (χ0v) is 12.1. The van der Waals surface area contributed by atoms with Gasteiger partial charge < -0.3 is 15.8 Å². The molecule has 6 heteroatoms. The lowest BCUT2D eigenvalue weighted by Gasteiger charge is -2.06. The number of aromatic nitrogens is 1. The van der Waals surface area contributed by atoms with Crippen LogP contribution in [0.4, 0.5) is 0 Å². The number of carbonyl (C=O) groups is 1. The van der Waals surface area contributed by atoms with Gasteiger partial charge >= 0.3 is 0 Å². The first kappa shape index (κ1) is 14.5. The number of amides is 1. The SMILES string of the molecule is Cc1ncsc1CNCc1ccc(OCC(N)=O)cc1. The summed E-state index contributed by atoms with van der Waals surface area (Å²) < 4.78 is 5.20. The molecule has 2 rings (SSSR count). The number of primary amides is 1. The van der Waals surface area contributed by atoms with Gasteiger partial charge in [0, 0.05) is 18.0 Å². The lowest BCUT2D eigenvalue weighted by Crippen LogP contribution is -2.20. The predicted molar refractivity (Wildman–Crippen MR) is 78.5 cm³/mol. The Kier molecular flexibility index (Phi) is 5.09. The smallest absolute Gasteiger partial charge is 0.255 e. The van der Waals surface area contributed by atoms with Crippen LogP contribution in [0.2, 0.25) is 0 Å². The fourth-order valence-electron chi connectivity index (χ4n) is 1.67. The third kappa shape index (κ3) is 4.32. The summed E-state index contributed by atoms with van der Waals surface area (Å²) in [5.41, 5.74) is 9.11. The third-order valence-electron chi connectivity index (χ3n) is 2.76. The largest absolute Gasteiger partial charge is 0.484 e. The standard InChI is InChI=1S/C14H17N3O2S/c1-10-13(20-9-17-10)7-16-6-11-2-4-12(5-3-11)19-8-14(15)18/h2-5,9,16H,6-8H2,1H3,(H2,15,18). The molecule has 2 aromatic rings. The number of aryl methyl sites for hydroxylation is 1. The first-order chi connectivity index (χ1) is 9.65. The number of nitrogens with one attached hydrogen (secondary N) is 1. The van der Waals surface area contributed by atoms with Crippen LogP contribution in [-0.4, -0.2) is 17.5 Å². The van der Waals surface area contributed by atoms with Gasteiger partial charge in [-0.15, -0.1) is 11.3 Å². The van der Waals surface area contributed by atoms with Crippen LogP contribution in [0.15, 0.2) is 29.8 Å². The molecule has 1 aromatic carbocycles. The highest BCUT2D eigenvalue weighted by molar-refractivity contribution is 7.09. The molecule has 0 radical (unpaired) electrons. The molecule has 20 heavy (non-hydrogen) atoms. The van der Waals surface area contributed by atoms with Crippen molar-refractivity contribution in [2.75, 3.05) is 6.61 Å². The Bertz CT molecular complexity index is 566. The van der Waals surface area contributed by atoms with Crippen LogP contribution in [-0.2, 0) is 17.9 Å². The summed E-state index contributed by atoms with van der Waals surface area (Å²) in [5, 5.41) is 3.37. The number of hydrogen-bond acceptors (Lipinski definition) is 5. The zero-order chi connectivity index (χ0) is 14.4. The van der Waals surface area contributed by atoms with Crippen LogP contribution < -0.4 is 15.8 Å². The van der Waals surface area contributed by atoms with Crippen molar-refractivity contribution in [3.05, 3.63) is 45.9 Å². The Morgan fingerprint density at radius 2 is 2.10 bits per heavy atom. The van der Waals surface area contributed by atoms with Gasteiger partial charge in [0.15, 0.2) is 6.61 Å². The monoisotopic (exact) mass is 291 g/mol. The molecule has 1 heterocycles. The topological polar surface area (TPSA) is 77.2 Å². The van der Waals surface area contributed by atoms with Crippen LogP contribution in [0.3, 0.4) is 0 Å². The molecule has 0 saturated heterocycles. The molecule has 3 N–H and O–H groups in total. The Hall–Kier alpha value is -1.92. The number of hydrogen-bond donors (Lipinski definition) is 2. The van der Waals surface area contributed by atoms with E-state index in [1.54, 1.807) is 11.3 Å². The van der Waals surface area contributed by atoms with E-state index in [0.29, 0.717) is 5.75 Å². The van der Waals surface area contributed by atoms with Crippen molar-refractivity contribution in [1.82, 2.24) is 10.3 Å². The molecule has 0 bridgehead atoms. The van der Waals surface area contributed by atoms with Crippen molar-refractivity contribution in [2.45, 2.75) is 20.0 Å². The van der Waals surface area contributed by atoms with Crippen molar-refractivity contribution in [3.63, 3.8) is 0 Å². The summed E-state index contributed by atoms with van der Waals surface area (Å²) in [6.45, 7) is 3.50. The summed E-state index contributed by atoms with van der Waals surface area (Å²) in [6, 6.07) is 7.58. The molecule has 0 spiro atoms. The molecule has 0 saturated carbocycles. The van der Waals surface area contributed by atoms with Gasteiger partial charge in [-0.1, -0.05) is 12.1 Å². The number of carbonyl (C=O) groups excluding carboxylic acids is 1. The number of benzene rings is 1. The minimum Gasteiger partial charge on any atom is -0.484 e. The molecule has 5 nitrogen and oxygen atoms in total. The maximum Gasteiger partial charge on any atom is 0.255 e. The Balaban J connectivity index is 1.79. The third-order valence-corrected chi connectivity index (χ3v) is 3.70. The fraction of sp³-hybridized carbons (Fsp3) is 0.286. The first-order valence-electron chi connectivity index (χ1n) is 6.25. The molecule has 0 unspecified atom stereocenters. The molecule has 1 amide bonds. The maximum absolute atomic E-state index is 10.6. The number of rotatable bonds is 7. The number of ether oxygens (including phenoxy) is 1. The van der Waals surface area contributed by atoms with E-state index in [1.165, 1.54) is 4.88 Å². The van der Waals surface area contributed by atoms with Gasteiger partial charge in [-0.25, -0.2) is 4.98 Å². The Morgan fingerprint density at radius 1 is 1.35 bits per heavy atom. The van der Waals surface area contributed by atoms with Gasteiger partial charge in [0.2, 0.25) is 0 Å². The molecule has 0 aliphatic carbocycles. The molecular weight excluding hydrogens is 274 g/mol. The zero-order valence-electron chi connectivity index (χ0n) is 11.3. The highest BCUT2D eigenvalue weighted by Crippen LogP contribution is 2.13. The van der Waals surface area contributed by atoms with Crippen LogP contribution in [0.25, 0.3) is 0 Å². The second kappa shape index (κ2) is 7.02. The fourth-order valence-corrected chi connectivity index (χ4v) is 2.42. The lowest BCUT2D eigenvalue weighted by molar-refractivity contribution is -0.119. The molecular formula is C14H17N3O2S. The second-order valence-electron chi connectivity index (χ2n) is 4.36. The van der Waals surface area contributed by atoms with Crippen LogP contribution in [0.5, 0.6) is 5.75 Å². The molecule has 0 fully saturated rings. The quantitative estimate of drug-likeness (QED) is 0.812. The molecule has 0 aliphatic rings. The van der Waals surface area contributed by atoms with E-state index in [4.69, 9.17) is 10.5 Å². The van der Waals surface area contributed by atoms with Crippen molar-refractivity contribution < 1.29 is 9.53 Å². The average molecular weight is 291 g/mol. The van der Waals surface area contributed by atoms with Crippen molar-refractivity contribution >= 4 is 17.2 Å². The summed E-state index contributed by atoms with van der Waals surface area (Å²) in [6.07, 6.45) is 0. The highest BCUT2D eigenvalue weighted by atomic mass is 32.1. The summed E-state index contributed by atoms with van der Waals surface area (Å²) in [4.78, 5) is 16.1.